The van der Waals surface area contributed by atoms with Gasteiger partial charge in [-0.2, -0.15) is 0 Å². The topological polar surface area (TPSA) is 58.0 Å². The molecule has 96 valence electrons. The number of anilines is 1. The lowest BCUT2D eigenvalue weighted by molar-refractivity contribution is -0.0510. The molecule has 2 atom stereocenters. The summed E-state index contributed by atoms with van der Waals surface area (Å²) < 4.78 is 0. The van der Waals surface area contributed by atoms with Gasteiger partial charge in [-0.15, -0.1) is 10.2 Å². The van der Waals surface area contributed by atoms with E-state index in [2.05, 4.69) is 43.2 Å². The molecule has 1 aromatic heterocycles. The monoisotopic (exact) mass is 255 g/mol. The molecule has 0 aliphatic heterocycles. The van der Waals surface area contributed by atoms with Crippen molar-refractivity contribution in [2.24, 2.45) is 11.3 Å². The van der Waals surface area contributed by atoms with Gasteiger partial charge < -0.3 is 10.4 Å². The van der Waals surface area contributed by atoms with Crippen molar-refractivity contribution >= 4 is 16.5 Å². The zero-order valence-corrected chi connectivity index (χ0v) is 11.7. The van der Waals surface area contributed by atoms with Gasteiger partial charge in [0, 0.05) is 17.9 Å². The highest BCUT2D eigenvalue weighted by molar-refractivity contribution is 7.15. The Morgan fingerprint density at radius 2 is 2.18 bits per heavy atom. The summed E-state index contributed by atoms with van der Waals surface area (Å²) >= 11 is 1.63. The van der Waals surface area contributed by atoms with Crippen LogP contribution in [0.1, 0.15) is 39.1 Å². The van der Waals surface area contributed by atoms with Gasteiger partial charge in [0.1, 0.15) is 5.01 Å². The molecule has 5 heteroatoms. The maximum atomic E-state index is 9.68. The molecule has 0 saturated heterocycles. The molecular formula is C12H21N3OS. The Morgan fingerprint density at radius 1 is 1.47 bits per heavy atom. The normalized spacial score (nSPS) is 26.9. The second-order valence-electron chi connectivity index (χ2n) is 5.87. The van der Waals surface area contributed by atoms with Crippen LogP contribution in [0.25, 0.3) is 0 Å². The van der Waals surface area contributed by atoms with Crippen molar-refractivity contribution in [1.29, 1.82) is 0 Å². The van der Waals surface area contributed by atoms with Gasteiger partial charge in [0.2, 0.25) is 5.13 Å². The van der Waals surface area contributed by atoms with Crippen LogP contribution in [0.15, 0.2) is 0 Å². The highest BCUT2D eigenvalue weighted by atomic mass is 32.1. The number of hydrogen-bond acceptors (Lipinski definition) is 5. The number of nitrogens with one attached hydrogen (secondary N) is 1. The second-order valence-corrected chi connectivity index (χ2v) is 6.93. The minimum atomic E-state index is -0.206. The van der Waals surface area contributed by atoms with E-state index >= 15 is 0 Å². The first kappa shape index (κ1) is 12.8. The summed E-state index contributed by atoms with van der Waals surface area (Å²) in [6.07, 6.45) is 1.57. The Morgan fingerprint density at radius 3 is 2.71 bits per heavy atom. The van der Waals surface area contributed by atoms with E-state index in [-0.39, 0.29) is 11.5 Å². The molecule has 0 amide bonds. The zero-order valence-electron chi connectivity index (χ0n) is 10.9. The predicted octanol–water partition coefficient (Wildman–Crippen LogP) is 2.31. The predicted molar refractivity (Wildman–Crippen MR) is 70.3 cm³/mol. The van der Waals surface area contributed by atoms with E-state index in [4.69, 9.17) is 0 Å². The van der Waals surface area contributed by atoms with Crippen molar-refractivity contribution in [1.82, 2.24) is 10.2 Å². The van der Waals surface area contributed by atoms with Crippen molar-refractivity contribution < 1.29 is 5.11 Å². The smallest absolute Gasteiger partial charge is 0.205 e. The molecule has 1 aliphatic carbocycles. The molecule has 0 radical (unpaired) electrons. The van der Waals surface area contributed by atoms with Gasteiger partial charge in [-0.05, 0) is 12.3 Å². The standard InChI is InChI=1S/C12H21N3OS/c1-7(2)5-10-14-15-11(17-10)13-8-6-9(16)12(8,3)4/h7-9,16H,5-6H2,1-4H3,(H,13,15). The van der Waals surface area contributed by atoms with Crippen LogP contribution in [0, 0.1) is 11.3 Å². The fraction of sp³-hybridized carbons (Fsp3) is 0.833. The maximum absolute atomic E-state index is 9.68. The summed E-state index contributed by atoms with van der Waals surface area (Å²) in [6, 6.07) is 0.303. The van der Waals surface area contributed by atoms with Crippen LogP contribution in [0.3, 0.4) is 0 Å². The van der Waals surface area contributed by atoms with Gasteiger partial charge in [-0.1, -0.05) is 39.0 Å². The zero-order chi connectivity index (χ0) is 12.6. The first-order valence-electron chi connectivity index (χ1n) is 6.16. The van der Waals surface area contributed by atoms with Gasteiger partial charge >= 0.3 is 0 Å². The number of rotatable bonds is 4. The summed E-state index contributed by atoms with van der Waals surface area (Å²) in [5.74, 6) is 0.609. The van der Waals surface area contributed by atoms with Gasteiger partial charge in [0.25, 0.3) is 0 Å². The van der Waals surface area contributed by atoms with Gasteiger partial charge in [0.05, 0.1) is 6.10 Å². The molecule has 0 bridgehead atoms. The van der Waals surface area contributed by atoms with Crippen LogP contribution < -0.4 is 5.32 Å². The fourth-order valence-corrected chi connectivity index (χ4v) is 3.04. The van der Waals surface area contributed by atoms with E-state index in [1.807, 2.05) is 0 Å². The Hall–Kier alpha value is -0.680. The quantitative estimate of drug-likeness (QED) is 0.867. The van der Waals surface area contributed by atoms with Crippen molar-refractivity contribution in [3.05, 3.63) is 5.01 Å². The molecule has 2 rings (SSSR count). The molecule has 4 nitrogen and oxygen atoms in total. The number of hydrogen-bond donors (Lipinski definition) is 2. The lowest BCUT2D eigenvalue weighted by Crippen LogP contribution is -2.56. The molecule has 0 aromatic carbocycles. The van der Waals surface area contributed by atoms with E-state index < -0.39 is 0 Å². The summed E-state index contributed by atoms with van der Waals surface area (Å²) in [5.41, 5.74) is -0.0656. The van der Waals surface area contributed by atoms with E-state index in [9.17, 15) is 5.11 Å². The third-order valence-electron chi connectivity index (χ3n) is 3.56. The van der Waals surface area contributed by atoms with Crippen molar-refractivity contribution in [3.63, 3.8) is 0 Å². The molecule has 2 unspecified atom stereocenters. The highest BCUT2D eigenvalue weighted by Crippen LogP contribution is 2.42. The average molecular weight is 255 g/mol. The number of aromatic nitrogens is 2. The molecule has 1 saturated carbocycles. The Kier molecular flexibility index (Phi) is 3.41. The summed E-state index contributed by atoms with van der Waals surface area (Å²) in [5, 5.41) is 23.4. The molecule has 1 aromatic rings. The highest BCUT2D eigenvalue weighted by Gasteiger charge is 2.47. The summed E-state index contributed by atoms with van der Waals surface area (Å²) in [4.78, 5) is 0. The Bertz CT molecular complexity index is 389. The van der Waals surface area contributed by atoms with E-state index in [0.717, 1.165) is 23.0 Å². The van der Waals surface area contributed by atoms with Gasteiger partial charge in [-0.3, -0.25) is 0 Å². The minimum Gasteiger partial charge on any atom is -0.392 e. The van der Waals surface area contributed by atoms with Crippen LogP contribution in [-0.4, -0.2) is 27.4 Å². The second kappa shape index (κ2) is 4.53. The summed E-state index contributed by atoms with van der Waals surface area (Å²) in [6.45, 7) is 8.52. The molecule has 2 N–H and O–H groups in total. The van der Waals surface area contributed by atoms with E-state index in [0.29, 0.717) is 12.0 Å². The SMILES string of the molecule is CC(C)Cc1nnc(NC2CC(O)C2(C)C)s1. The molecular weight excluding hydrogens is 234 g/mol. The van der Waals surface area contributed by atoms with Crippen molar-refractivity contribution in [3.8, 4) is 0 Å². The van der Waals surface area contributed by atoms with Gasteiger partial charge in [0.15, 0.2) is 0 Å². The lowest BCUT2D eigenvalue weighted by atomic mass is 9.65. The number of aliphatic hydroxyl groups excluding tert-OH is 1. The maximum Gasteiger partial charge on any atom is 0.205 e. The first-order valence-corrected chi connectivity index (χ1v) is 6.98. The minimum absolute atomic E-state index is 0.0656. The lowest BCUT2D eigenvalue weighted by Gasteiger charge is -2.49. The van der Waals surface area contributed by atoms with Crippen LogP contribution in [0.4, 0.5) is 5.13 Å². The number of aliphatic hydroxyl groups is 1. The van der Waals surface area contributed by atoms with Crippen LogP contribution >= 0.6 is 11.3 Å². The largest absolute Gasteiger partial charge is 0.392 e. The number of nitrogens with zero attached hydrogens (tertiary/aromatic N) is 2. The van der Waals surface area contributed by atoms with Crippen LogP contribution in [-0.2, 0) is 6.42 Å². The molecule has 17 heavy (non-hydrogen) atoms. The Labute approximate surface area is 106 Å². The molecule has 0 spiro atoms. The van der Waals surface area contributed by atoms with Gasteiger partial charge in [-0.25, -0.2) is 0 Å². The van der Waals surface area contributed by atoms with Crippen molar-refractivity contribution in [2.75, 3.05) is 5.32 Å². The molecule has 1 heterocycles. The third-order valence-corrected chi connectivity index (χ3v) is 4.44. The van der Waals surface area contributed by atoms with E-state index in [1.54, 1.807) is 11.3 Å². The van der Waals surface area contributed by atoms with Crippen molar-refractivity contribution in [2.45, 2.75) is 52.7 Å². The van der Waals surface area contributed by atoms with Crippen LogP contribution in [0.5, 0.6) is 0 Å². The average Bonchev–Trinajstić information content (AvgIpc) is 2.64. The fourth-order valence-electron chi connectivity index (χ4n) is 2.04. The third kappa shape index (κ3) is 2.60. The Balaban J connectivity index is 1.94. The molecule has 1 fully saturated rings. The van der Waals surface area contributed by atoms with E-state index in [1.165, 1.54) is 0 Å². The van der Waals surface area contributed by atoms with Crippen LogP contribution in [0.2, 0.25) is 0 Å². The summed E-state index contributed by atoms with van der Waals surface area (Å²) in [7, 11) is 0. The first-order chi connectivity index (χ1) is 7.89. The molecule has 1 aliphatic rings.